The van der Waals surface area contributed by atoms with Crippen molar-refractivity contribution in [2.75, 3.05) is 12.5 Å². The van der Waals surface area contributed by atoms with Crippen LogP contribution < -0.4 is 44.1 Å². The number of carbonyl (C=O) groups is 1. The molecule has 6 heteroatoms. The van der Waals surface area contributed by atoms with Gasteiger partial charge in [-0.25, -0.2) is 0 Å². The van der Waals surface area contributed by atoms with Gasteiger partial charge in [-0.1, -0.05) is 13.8 Å². The Morgan fingerprint density at radius 1 is 1.35 bits per heavy atom. The first-order chi connectivity index (χ1) is 9.15. The number of benzene rings is 1. The van der Waals surface area contributed by atoms with Gasteiger partial charge >= 0.3 is 29.6 Å². The third kappa shape index (κ3) is 4.07. The van der Waals surface area contributed by atoms with Crippen LogP contribution in [0.5, 0.6) is 11.5 Å². The van der Waals surface area contributed by atoms with Gasteiger partial charge in [0.15, 0.2) is 11.5 Å². The Morgan fingerprint density at radius 3 is 2.55 bits per heavy atom. The van der Waals surface area contributed by atoms with Crippen molar-refractivity contribution in [3.8, 4) is 11.5 Å². The van der Waals surface area contributed by atoms with Crippen LogP contribution in [0, 0.1) is 0 Å². The summed E-state index contributed by atoms with van der Waals surface area (Å²) in [7, 11) is 0. The molecular weight excluding hydrogens is 287 g/mol. The number of fused-ring (bicyclic) bond motifs is 1. The minimum Gasteiger partial charge on any atom is -0.549 e. The summed E-state index contributed by atoms with van der Waals surface area (Å²) in [6, 6.07) is 3.98. The predicted octanol–water partition coefficient (Wildman–Crippen LogP) is -1.08. The average molecular weight is 304 g/mol. The zero-order chi connectivity index (χ0) is 13.8. The maximum absolute atomic E-state index is 10.6. The fourth-order valence-electron chi connectivity index (χ4n) is 2.20. The van der Waals surface area contributed by atoms with Crippen LogP contribution in [-0.2, 0) is 11.2 Å². The molecule has 0 aromatic heterocycles. The van der Waals surface area contributed by atoms with Crippen molar-refractivity contribution in [3.05, 3.63) is 23.3 Å². The van der Waals surface area contributed by atoms with Crippen LogP contribution in [0.2, 0.25) is 0 Å². The molecule has 1 aromatic rings. The van der Waals surface area contributed by atoms with Crippen molar-refractivity contribution in [2.45, 2.75) is 31.9 Å². The first-order valence-electron chi connectivity index (χ1n) is 6.39. The van der Waals surface area contributed by atoms with E-state index in [2.05, 4.69) is 13.8 Å². The molecule has 0 saturated carbocycles. The van der Waals surface area contributed by atoms with Gasteiger partial charge in [-0.2, -0.15) is 0 Å². The molecule has 0 bridgehead atoms. The molecule has 2 rings (SSSR count). The molecule has 104 valence electrons. The minimum absolute atomic E-state index is 0. The summed E-state index contributed by atoms with van der Waals surface area (Å²) in [5.74, 6) is 0.512. The molecule has 1 aliphatic rings. The fraction of sp³-hybridized carbons (Fsp3) is 0.500. The molecule has 1 heterocycles. The molecule has 20 heavy (non-hydrogen) atoms. The number of rotatable bonds is 6. The van der Waals surface area contributed by atoms with Gasteiger partial charge in [0.1, 0.15) is 0 Å². The summed E-state index contributed by atoms with van der Waals surface area (Å²) < 4.78 is 10.8. The smallest absolute Gasteiger partial charge is 0.549 e. The first-order valence-corrected chi connectivity index (χ1v) is 7.44. The van der Waals surface area contributed by atoms with Crippen LogP contribution >= 0.6 is 11.8 Å². The predicted molar refractivity (Wildman–Crippen MR) is 72.4 cm³/mol. The van der Waals surface area contributed by atoms with E-state index in [9.17, 15) is 9.90 Å². The molecule has 0 saturated heterocycles. The van der Waals surface area contributed by atoms with Gasteiger partial charge in [-0.05, 0) is 36.1 Å². The quantitative estimate of drug-likeness (QED) is 0.626. The van der Waals surface area contributed by atoms with E-state index in [1.165, 1.54) is 17.3 Å². The van der Waals surface area contributed by atoms with Gasteiger partial charge in [-0.3, -0.25) is 0 Å². The van der Waals surface area contributed by atoms with Crippen molar-refractivity contribution >= 4 is 17.7 Å². The number of ether oxygens (including phenoxy) is 2. The van der Waals surface area contributed by atoms with Crippen molar-refractivity contribution < 1.29 is 48.9 Å². The first kappa shape index (κ1) is 17.7. The topological polar surface area (TPSA) is 58.6 Å². The number of thioether (sulfide) groups is 1. The zero-order valence-electron chi connectivity index (χ0n) is 12.1. The van der Waals surface area contributed by atoms with E-state index in [0.717, 1.165) is 29.9 Å². The molecule has 0 fully saturated rings. The molecule has 0 N–H and O–H groups in total. The van der Waals surface area contributed by atoms with Gasteiger partial charge < -0.3 is 19.4 Å². The van der Waals surface area contributed by atoms with Gasteiger partial charge in [0.25, 0.3) is 0 Å². The number of carboxylic acids is 1. The summed E-state index contributed by atoms with van der Waals surface area (Å²) in [6.45, 7) is 4.39. The van der Waals surface area contributed by atoms with Crippen molar-refractivity contribution in [3.63, 3.8) is 0 Å². The number of carbonyl (C=O) groups excluding carboxylic acids is 1. The SMILES string of the molecule is CCc1cc2c(cc1C(CC)SCC(=O)[O-])OCO2.[Na+]. The van der Waals surface area contributed by atoms with Crippen LogP contribution in [0.3, 0.4) is 0 Å². The van der Waals surface area contributed by atoms with Crippen LogP contribution in [-0.4, -0.2) is 18.5 Å². The number of aliphatic carboxylic acids is 1. The number of hydrogen-bond acceptors (Lipinski definition) is 5. The monoisotopic (exact) mass is 304 g/mol. The molecule has 0 spiro atoms. The van der Waals surface area contributed by atoms with Crippen LogP contribution in [0.4, 0.5) is 0 Å². The molecule has 0 radical (unpaired) electrons. The van der Waals surface area contributed by atoms with E-state index in [1.54, 1.807) is 0 Å². The average Bonchev–Trinajstić information content (AvgIpc) is 2.85. The van der Waals surface area contributed by atoms with Gasteiger partial charge in [0.05, 0.1) is 5.97 Å². The normalized spacial score (nSPS) is 13.7. The van der Waals surface area contributed by atoms with Crippen LogP contribution in [0.15, 0.2) is 12.1 Å². The van der Waals surface area contributed by atoms with E-state index < -0.39 is 5.97 Å². The van der Waals surface area contributed by atoms with Crippen LogP contribution in [0.1, 0.15) is 36.6 Å². The van der Waals surface area contributed by atoms with Crippen molar-refractivity contribution in [1.29, 1.82) is 0 Å². The molecule has 1 atom stereocenters. The minimum atomic E-state index is -1.03. The van der Waals surface area contributed by atoms with E-state index in [-0.39, 0.29) is 47.4 Å². The van der Waals surface area contributed by atoms with E-state index in [1.807, 2.05) is 12.1 Å². The largest absolute Gasteiger partial charge is 1.00 e. The maximum Gasteiger partial charge on any atom is 1.00 e. The Balaban J connectivity index is 0.00000200. The van der Waals surface area contributed by atoms with E-state index in [4.69, 9.17) is 9.47 Å². The molecule has 1 aliphatic heterocycles. The zero-order valence-corrected chi connectivity index (χ0v) is 14.9. The Morgan fingerprint density at radius 2 is 2.00 bits per heavy atom. The van der Waals surface area contributed by atoms with E-state index in [0.29, 0.717) is 0 Å². The summed E-state index contributed by atoms with van der Waals surface area (Å²) in [5.41, 5.74) is 2.32. The molecule has 1 unspecified atom stereocenters. The van der Waals surface area contributed by atoms with Crippen molar-refractivity contribution in [2.24, 2.45) is 0 Å². The van der Waals surface area contributed by atoms with Crippen molar-refractivity contribution in [1.82, 2.24) is 0 Å². The number of aryl methyl sites for hydroxylation is 1. The fourth-order valence-corrected chi connectivity index (χ4v) is 3.17. The summed E-state index contributed by atoms with van der Waals surface area (Å²) in [4.78, 5) is 10.6. The Bertz CT molecular complexity index is 478. The second kappa shape index (κ2) is 8.17. The molecule has 0 amide bonds. The van der Waals surface area contributed by atoms with Gasteiger partial charge in [0, 0.05) is 11.0 Å². The molecule has 1 aromatic carbocycles. The van der Waals surface area contributed by atoms with Crippen LogP contribution in [0.25, 0.3) is 0 Å². The van der Waals surface area contributed by atoms with Gasteiger partial charge in [-0.15, -0.1) is 11.8 Å². The molecule has 4 nitrogen and oxygen atoms in total. The Labute approximate surface area is 145 Å². The third-order valence-electron chi connectivity index (χ3n) is 3.14. The Hall–Kier alpha value is -0.360. The van der Waals surface area contributed by atoms with E-state index >= 15 is 0 Å². The van der Waals surface area contributed by atoms with Gasteiger partial charge in [0.2, 0.25) is 6.79 Å². The maximum atomic E-state index is 10.6. The second-order valence-corrected chi connectivity index (χ2v) is 5.53. The summed E-state index contributed by atoms with van der Waals surface area (Å²) in [5, 5.41) is 10.8. The third-order valence-corrected chi connectivity index (χ3v) is 4.53. The number of hydrogen-bond donors (Lipinski definition) is 0. The standard InChI is InChI=1S/C14H18O4S.Na/c1-3-9-5-11-12(18-8-17-11)6-10(9)13(4-2)19-7-14(15)16;/h5-6,13H,3-4,7-8H2,1-2H3,(H,15,16);/q;+1/p-1. The summed E-state index contributed by atoms with van der Waals surface area (Å²) in [6.07, 6.45) is 1.75. The second-order valence-electron chi connectivity index (χ2n) is 4.34. The Kier molecular flexibility index (Phi) is 7.23. The molecule has 0 aliphatic carbocycles. The number of carboxylic acid groups (broad SMARTS) is 1. The summed E-state index contributed by atoms with van der Waals surface area (Å²) >= 11 is 1.40. The molecular formula is C14H17NaO4S.